The second-order valence-corrected chi connectivity index (χ2v) is 4.24. The van der Waals surface area contributed by atoms with Crippen molar-refractivity contribution in [2.24, 2.45) is 0 Å². The van der Waals surface area contributed by atoms with Gasteiger partial charge in [-0.1, -0.05) is 29.3 Å². The molecule has 0 aromatic heterocycles. The van der Waals surface area contributed by atoms with Gasteiger partial charge in [-0.2, -0.15) is 0 Å². The summed E-state index contributed by atoms with van der Waals surface area (Å²) in [6, 6.07) is 4.35. The number of aliphatic carboxylic acids is 1. The minimum Gasteiger partial charge on any atom is -0.480 e. The molecule has 2 amide bonds. The number of amides is 2. The lowest BCUT2D eigenvalue weighted by molar-refractivity contribution is -0.142. The van der Waals surface area contributed by atoms with Crippen molar-refractivity contribution in [1.82, 2.24) is 5.32 Å². The van der Waals surface area contributed by atoms with Gasteiger partial charge in [-0.15, -0.1) is 0 Å². The number of hydrogen-bond acceptors (Lipinski definition) is 3. The molecule has 8 heteroatoms. The van der Waals surface area contributed by atoms with Crippen LogP contribution in [0.2, 0.25) is 10.0 Å². The molecule has 0 spiro atoms. The van der Waals surface area contributed by atoms with E-state index in [4.69, 9.17) is 33.0 Å². The molecule has 0 radical (unpaired) electrons. The first-order valence-corrected chi connectivity index (χ1v) is 6.04. The molecule has 0 fully saturated rings. The first kappa shape index (κ1) is 15.6. The molecule has 0 aliphatic rings. The predicted octanol–water partition coefficient (Wildman–Crippen LogP) is 2.22. The molecule has 104 valence electrons. The van der Waals surface area contributed by atoms with Gasteiger partial charge in [0.05, 0.1) is 22.3 Å². The highest BCUT2D eigenvalue weighted by molar-refractivity contribution is 6.39. The molecule has 1 aromatic carbocycles. The Morgan fingerprint density at radius 3 is 2.47 bits per heavy atom. The van der Waals surface area contributed by atoms with Crippen molar-refractivity contribution in [3.63, 3.8) is 0 Å². The van der Waals surface area contributed by atoms with Gasteiger partial charge in [0.25, 0.3) is 0 Å². The minimum atomic E-state index is -1.06. The van der Waals surface area contributed by atoms with E-state index in [0.29, 0.717) is 15.7 Å². The summed E-state index contributed by atoms with van der Waals surface area (Å²) in [4.78, 5) is 21.7. The van der Waals surface area contributed by atoms with Crippen LogP contribution in [0.15, 0.2) is 18.2 Å². The van der Waals surface area contributed by atoms with Gasteiger partial charge in [0.2, 0.25) is 0 Å². The fraction of sp³-hybridized carbons (Fsp3) is 0.273. The van der Waals surface area contributed by atoms with E-state index in [1.807, 2.05) is 0 Å². The van der Waals surface area contributed by atoms with E-state index in [1.165, 1.54) is 0 Å². The predicted molar refractivity (Wildman–Crippen MR) is 71.9 cm³/mol. The van der Waals surface area contributed by atoms with Crippen LogP contribution in [0.5, 0.6) is 0 Å². The van der Waals surface area contributed by atoms with Gasteiger partial charge >= 0.3 is 12.0 Å². The van der Waals surface area contributed by atoms with Crippen LogP contribution in [0.1, 0.15) is 0 Å². The van der Waals surface area contributed by atoms with Gasteiger partial charge in [-0.05, 0) is 12.1 Å². The molecule has 0 atom stereocenters. The van der Waals surface area contributed by atoms with E-state index in [0.717, 1.165) is 0 Å². The Labute approximate surface area is 119 Å². The number of rotatable bonds is 6. The molecule has 1 aromatic rings. The normalized spacial score (nSPS) is 10.0. The molecule has 0 aliphatic carbocycles. The second kappa shape index (κ2) is 7.83. The molecule has 6 nitrogen and oxygen atoms in total. The average Bonchev–Trinajstić information content (AvgIpc) is 2.33. The summed E-state index contributed by atoms with van der Waals surface area (Å²) in [5.74, 6) is -1.06. The van der Waals surface area contributed by atoms with Crippen LogP contribution in [-0.2, 0) is 9.53 Å². The molecule has 0 saturated carbocycles. The quantitative estimate of drug-likeness (QED) is 0.703. The van der Waals surface area contributed by atoms with Crippen LogP contribution in [0.3, 0.4) is 0 Å². The highest BCUT2D eigenvalue weighted by atomic mass is 35.5. The summed E-state index contributed by atoms with van der Waals surface area (Å²) in [6.07, 6.45) is 0. The fourth-order valence-electron chi connectivity index (χ4n) is 1.17. The van der Waals surface area contributed by atoms with Gasteiger partial charge in [-0.25, -0.2) is 9.59 Å². The van der Waals surface area contributed by atoms with Crippen LogP contribution < -0.4 is 10.6 Å². The maximum atomic E-state index is 11.5. The number of benzene rings is 1. The zero-order valence-electron chi connectivity index (χ0n) is 9.78. The number of carboxylic acids is 1. The van der Waals surface area contributed by atoms with Crippen molar-refractivity contribution >= 4 is 40.9 Å². The Morgan fingerprint density at radius 1 is 1.26 bits per heavy atom. The van der Waals surface area contributed by atoms with Crippen molar-refractivity contribution in [3.05, 3.63) is 28.2 Å². The Kier molecular flexibility index (Phi) is 6.41. The summed E-state index contributed by atoms with van der Waals surface area (Å²) in [7, 11) is 0. The first-order valence-electron chi connectivity index (χ1n) is 5.29. The molecule has 0 saturated heterocycles. The Morgan fingerprint density at radius 2 is 1.89 bits per heavy atom. The van der Waals surface area contributed by atoms with E-state index in [1.54, 1.807) is 18.2 Å². The smallest absolute Gasteiger partial charge is 0.329 e. The summed E-state index contributed by atoms with van der Waals surface area (Å²) in [5, 5.41) is 13.9. The number of carbonyl (C=O) groups is 2. The molecule has 0 bridgehead atoms. The van der Waals surface area contributed by atoms with E-state index in [2.05, 4.69) is 10.6 Å². The number of para-hydroxylation sites is 1. The number of carbonyl (C=O) groups excluding carboxylic acids is 1. The molecule has 19 heavy (non-hydrogen) atoms. The molecule has 0 aliphatic heterocycles. The number of nitrogens with one attached hydrogen (secondary N) is 2. The minimum absolute atomic E-state index is 0.0932. The van der Waals surface area contributed by atoms with E-state index < -0.39 is 18.6 Å². The van der Waals surface area contributed by atoms with Gasteiger partial charge < -0.3 is 20.5 Å². The summed E-state index contributed by atoms with van der Waals surface area (Å²) in [5.41, 5.74) is 0.315. The number of urea groups is 1. The average molecular weight is 307 g/mol. The SMILES string of the molecule is O=C(O)COCCNC(=O)Nc1c(Cl)cccc1Cl. The third kappa shape index (κ3) is 5.78. The number of hydrogen-bond donors (Lipinski definition) is 3. The third-order valence-corrected chi connectivity index (χ3v) is 2.59. The molecule has 3 N–H and O–H groups in total. The molecule has 1 rings (SSSR count). The second-order valence-electron chi connectivity index (χ2n) is 3.42. The van der Waals surface area contributed by atoms with E-state index in [-0.39, 0.29) is 13.2 Å². The number of carboxylic acid groups (broad SMARTS) is 1. The van der Waals surface area contributed by atoms with Crippen LogP contribution in [0.25, 0.3) is 0 Å². The number of anilines is 1. The van der Waals surface area contributed by atoms with E-state index >= 15 is 0 Å². The van der Waals surface area contributed by atoms with Gasteiger partial charge in [0.1, 0.15) is 6.61 Å². The lowest BCUT2D eigenvalue weighted by Crippen LogP contribution is -2.32. The third-order valence-electron chi connectivity index (χ3n) is 1.96. The van der Waals surface area contributed by atoms with Crippen molar-refractivity contribution < 1.29 is 19.4 Å². The Balaban J connectivity index is 2.33. The van der Waals surface area contributed by atoms with Crippen molar-refractivity contribution in [3.8, 4) is 0 Å². The number of ether oxygens (including phenoxy) is 1. The van der Waals surface area contributed by atoms with Gasteiger partial charge in [-0.3, -0.25) is 0 Å². The van der Waals surface area contributed by atoms with Crippen LogP contribution in [0.4, 0.5) is 10.5 Å². The Hall–Kier alpha value is -1.50. The fourth-order valence-corrected chi connectivity index (χ4v) is 1.66. The topological polar surface area (TPSA) is 87.7 Å². The molecular formula is C11H12Cl2N2O4. The monoisotopic (exact) mass is 306 g/mol. The van der Waals surface area contributed by atoms with Crippen LogP contribution in [0, 0.1) is 0 Å². The molecular weight excluding hydrogens is 295 g/mol. The summed E-state index contributed by atoms with van der Waals surface area (Å²) >= 11 is 11.8. The standard InChI is InChI=1S/C11H12Cl2N2O4/c12-7-2-1-3-8(13)10(7)15-11(18)14-4-5-19-6-9(16)17/h1-3H,4-6H2,(H,16,17)(H2,14,15,18). The lowest BCUT2D eigenvalue weighted by atomic mass is 10.3. The van der Waals surface area contributed by atoms with Gasteiger partial charge in [0, 0.05) is 6.54 Å². The largest absolute Gasteiger partial charge is 0.480 e. The van der Waals surface area contributed by atoms with E-state index in [9.17, 15) is 9.59 Å². The maximum Gasteiger partial charge on any atom is 0.329 e. The van der Waals surface area contributed by atoms with Crippen LogP contribution >= 0.6 is 23.2 Å². The lowest BCUT2D eigenvalue weighted by Gasteiger charge is -2.10. The van der Waals surface area contributed by atoms with Crippen LogP contribution in [-0.4, -0.2) is 36.9 Å². The summed E-state index contributed by atoms with van der Waals surface area (Å²) in [6.45, 7) is -0.142. The highest BCUT2D eigenvalue weighted by Gasteiger charge is 2.08. The maximum absolute atomic E-state index is 11.5. The zero-order valence-corrected chi connectivity index (χ0v) is 11.3. The van der Waals surface area contributed by atoms with Gasteiger partial charge in [0.15, 0.2) is 0 Å². The van der Waals surface area contributed by atoms with Crippen molar-refractivity contribution in [2.75, 3.05) is 25.1 Å². The number of halogens is 2. The summed E-state index contributed by atoms with van der Waals surface area (Å²) < 4.78 is 4.75. The molecule has 0 heterocycles. The Bertz CT molecular complexity index is 448. The molecule has 0 unspecified atom stereocenters. The first-order chi connectivity index (χ1) is 9.00. The van der Waals surface area contributed by atoms with Crippen molar-refractivity contribution in [1.29, 1.82) is 0 Å². The highest BCUT2D eigenvalue weighted by Crippen LogP contribution is 2.29. The zero-order chi connectivity index (χ0) is 14.3. The van der Waals surface area contributed by atoms with Crippen molar-refractivity contribution in [2.45, 2.75) is 0 Å².